The summed E-state index contributed by atoms with van der Waals surface area (Å²) in [5.41, 5.74) is 2.77. The molecule has 0 atom stereocenters. The minimum Gasteiger partial charge on any atom is -0.492 e. The first-order chi connectivity index (χ1) is 7.04. The van der Waals surface area contributed by atoms with Crippen molar-refractivity contribution in [3.8, 4) is 11.8 Å². The van der Waals surface area contributed by atoms with Crippen LogP contribution in [0.5, 0.6) is 5.75 Å². The van der Waals surface area contributed by atoms with Crippen molar-refractivity contribution in [2.45, 2.75) is 27.7 Å². The van der Waals surface area contributed by atoms with Crippen LogP contribution in [0.2, 0.25) is 0 Å². The first-order valence-electron chi connectivity index (χ1n) is 5.18. The maximum atomic E-state index is 9.00. The van der Waals surface area contributed by atoms with Gasteiger partial charge in [0.1, 0.15) is 11.8 Å². The van der Waals surface area contributed by atoms with Gasteiger partial charge >= 0.3 is 0 Å². The Balaban J connectivity index is 3.00. The van der Waals surface area contributed by atoms with Gasteiger partial charge in [-0.05, 0) is 37.0 Å². The number of hydrogen-bond donors (Lipinski definition) is 0. The van der Waals surface area contributed by atoms with Crippen LogP contribution in [-0.2, 0) is 0 Å². The lowest BCUT2D eigenvalue weighted by Gasteiger charge is -2.13. The van der Waals surface area contributed by atoms with E-state index in [0.29, 0.717) is 18.1 Å². The van der Waals surface area contributed by atoms with E-state index in [9.17, 15) is 0 Å². The predicted molar refractivity (Wildman–Crippen MR) is 61.0 cm³/mol. The lowest BCUT2D eigenvalue weighted by atomic mass is 10.1. The summed E-state index contributed by atoms with van der Waals surface area (Å²) in [5.74, 6) is 1.20. The molecule has 0 fully saturated rings. The van der Waals surface area contributed by atoms with Crippen molar-refractivity contribution in [2.75, 3.05) is 6.61 Å². The molecule has 2 heteroatoms. The van der Waals surface area contributed by atoms with Gasteiger partial charge in [-0.3, -0.25) is 0 Å². The van der Waals surface area contributed by atoms with Gasteiger partial charge in [0.2, 0.25) is 0 Å². The Bertz CT molecular complexity index is 388. The second-order valence-corrected chi connectivity index (χ2v) is 4.28. The molecule has 0 saturated heterocycles. The van der Waals surface area contributed by atoms with Gasteiger partial charge in [-0.2, -0.15) is 5.26 Å². The van der Waals surface area contributed by atoms with Crippen molar-refractivity contribution in [1.29, 1.82) is 5.26 Å². The maximum Gasteiger partial charge on any atom is 0.139 e. The standard InChI is InChI=1S/C13H17NO/c1-9(2)8-15-13-11(4)5-10(3)6-12(13)7-14/h5-6,9H,8H2,1-4H3. The molecule has 0 aromatic heterocycles. The van der Waals surface area contributed by atoms with Crippen LogP contribution in [0.4, 0.5) is 0 Å². The highest BCUT2D eigenvalue weighted by atomic mass is 16.5. The lowest BCUT2D eigenvalue weighted by molar-refractivity contribution is 0.268. The third-order valence-electron chi connectivity index (χ3n) is 2.10. The molecule has 0 amide bonds. The second-order valence-electron chi connectivity index (χ2n) is 4.28. The zero-order valence-electron chi connectivity index (χ0n) is 9.79. The smallest absolute Gasteiger partial charge is 0.139 e. The van der Waals surface area contributed by atoms with Crippen molar-refractivity contribution in [3.05, 3.63) is 28.8 Å². The average molecular weight is 203 g/mol. The minimum absolute atomic E-state index is 0.470. The number of ether oxygens (including phenoxy) is 1. The Morgan fingerprint density at radius 1 is 1.33 bits per heavy atom. The van der Waals surface area contributed by atoms with Crippen LogP contribution in [0, 0.1) is 31.1 Å². The Morgan fingerprint density at radius 2 is 2.00 bits per heavy atom. The molecule has 0 radical (unpaired) electrons. The minimum atomic E-state index is 0.470. The molecule has 1 rings (SSSR count). The van der Waals surface area contributed by atoms with Crippen LogP contribution < -0.4 is 4.74 Å². The Hall–Kier alpha value is -1.49. The Morgan fingerprint density at radius 3 is 2.53 bits per heavy atom. The molecule has 0 bridgehead atoms. The van der Waals surface area contributed by atoms with E-state index in [0.717, 1.165) is 16.9 Å². The SMILES string of the molecule is Cc1cc(C)c(OCC(C)C)c(C#N)c1. The molecule has 1 aromatic carbocycles. The van der Waals surface area contributed by atoms with Gasteiger partial charge in [-0.15, -0.1) is 0 Å². The molecule has 0 unspecified atom stereocenters. The molecular weight excluding hydrogens is 186 g/mol. The summed E-state index contributed by atoms with van der Waals surface area (Å²) in [6, 6.07) is 6.08. The number of nitriles is 1. The van der Waals surface area contributed by atoms with Crippen LogP contribution >= 0.6 is 0 Å². The van der Waals surface area contributed by atoms with Crippen molar-refractivity contribution >= 4 is 0 Å². The molecule has 0 N–H and O–H groups in total. The molecule has 0 saturated carbocycles. The number of aryl methyl sites for hydroxylation is 2. The van der Waals surface area contributed by atoms with Gasteiger partial charge in [-0.25, -0.2) is 0 Å². The molecule has 0 aliphatic heterocycles. The fourth-order valence-corrected chi connectivity index (χ4v) is 1.48. The molecule has 0 spiro atoms. The summed E-state index contributed by atoms with van der Waals surface area (Å²) >= 11 is 0. The highest BCUT2D eigenvalue weighted by molar-refractivity contribution is 5.50. The van der Waals surface area contributed by atoms with Gasteiger partial charge in [-0.1, -0.05) is 19.9 Å². The van der Waals surface area contributed by atoms with Crippen molar-refractivity contribution < 1.29 is 4.74 Å². The number of rotatable bonds is 3. The number of nitrogens with zero attached hydrogens (tertiary/aromatic N) is 1. The second kappa shape index (κ2) is 4.84. The first kappa shape index (κ1) is 11.6. The third-order valence-corrected chi connectivity index (χ3v) is 2.10. The zero-order valence-corrected chi connectivity index (χ0v) is 9.79. The Labute approximate surface area is 91.5 Å². The summed E-state index contributed by atoms with van der Waals surface area (Å²) in [6.07, 6.45) is 0. The largest absolute Gasteiger partial charge is 0.492 e. The average Bonchev–Trinajstić information content (AvgIpc) is 2.14. The van der Waals surface area contributed by atoms with Crippen LogP contribution in [0.25, 0.3) is 0 Å². The molecule has 0 aliphatic carbocycles. The molecule has 15 heavy (non-hydrogen) atoms. The summed E-state index contributed by atoms with van der Waals surface area (Å²) in [5, 5.41) is 9.00. The van der Waals surface area contributed by atoms with Crippen molar-refractivity contribution in [2.24, 2.45) is 5.92 Å². The Kier molecular flexibility index (Phi) is 3.74. The molecule has 2 nitrogen and oxygen atoms in total. The van der Waals surface area contributed by atoms with E-state index in [1.165, 1.54) is 0 Å². The van der Waals surface area contributed by atoms with Gasteiger partial charge in [0, 0.05) is 0 Å². The molecular formula is C13H17NO. The van der Waals surface area contributed by atoms with Crippen LogP contribution in [0.3, 0.4) is 0 Å². The lowest BCUT2D eigenvalue weighted by Crippen LogP contribution is -2.07. The fraction of sp³-hybridized carbons (Fsp3) is 0.462. The summed E-state index contributed by atoms with van der Waals surface area (Å²) in [7, 11) is 0. The van der Waals surface area contributed by atoms with Gasteiger partial charge < -0.3 is 4.74 Å². The van der Waals surface area contributed by atoms with E-state index >= 15 is 0 Å². The van der Waals surface area contributed by atoms with E-state index in [1.807, 2.05) is 26.0 Å². The van der Waals surface area contributed by atoms with Crippen molar-refractivity contribution in [1.82, 2.24) is 0 Å². The topological polar surface area (TPSA) is 33.0 Å². The van der Waals surface area contributed by atoms with Gasteiger partial charge in [0.25, 0.3) is 0 Å². The highest BCUT2D eigenvalue weighted by Gasteiger charge is 2.08. The highest BCUT2D eigenvalue weighted by Crippen LogP contribution is 2.25. The van der Waals surface area contributed by atoms with Crippen LogP contribution in [0.1, 0.15) is 30.5 Å². The van der Waals surface area contributed by atoms with E-state index in [-0.39, 0.29) is 0 Å². The quantitative estimate of drug-likeness (QED) is 0.755. The molecule has 0 heterocycles. The van der Waals surface area contributed by atoms with Gasteiger partial charge in [0.05, 0.1) is 12.2 Å². The van der Waals surface area contributed by atoms with E-state index in [1.54, 1.807) is 0 Å². The van der Waals surface area contributed by atoms with Crippen LogP contribution in [0.15, 0.2) is 12.1 Å². The number of benzene rings is 1. The summed E-state index contributed by atoms with van der Waals surface area (Å²) in [4.78, 5) is 0. The number of hydrogen-bond acceptors (Lipinski definition) is 2. The molecule has 0 aliphatic rings. The first-order valence-corrected chi connectivity index (χ1v) is 5.18. The zero-order chi connectivity index (χ0) is 11.4. The van der Waals surface area contributed by atoms with Crippen molar-refractivity contribution in [3.63, 3.8) is 0 Å². The van der Waals surface area contributed by atoms with E-state index in [2.05, 4.69) is 19.9 Å². The monoisotopic (exact) mass is 203 g/mol. The molecule has 1 aromatic rings. The van der Waals surface area contributed by atoms with E-state index in [4.69, 9.17) is 10.00 Å². The van der Waals surface area contributed by atoms with Crippen LogP contribution in [-0.4, -0.2) is 6.61 Å². The normalized spacial score (nSPS) is 10.1. The predicted octanol–water partition coefficient (Wildman–Crippen LogP) is 3.21. The van der Waals surface area contributed by atoms with Gasteiger partial charge in [0.15, 0.2) is 0 Å². The maximum absolute atomic E-state index is 9.00. The summed E-state index contributed by atoms with van der Waals surface area (Å²) < 4.78 is 5.65. The van der Waals surface area contributed by atoms with E-state index < -0.39 is 0 Å². The fourth-order valence-electron chi connectivity index (χ4n) is 1.48. The summed E-state index contributed by atoms with van der Waals surface area (Å²) in [6.45, 7) is 8.80. The third kappa shape index (κ3) is 2.99. The molecule has 80 valence electrons.